The summed E-state index contributed by atoms with van der Waals surface area (Å²) < 4.78 is 5.02. The fourth-order valence-corrected chi connectivity index (χ4v) is 3.74. The van der Waals surface area contributed by atoms with Crippen LogP contribution in [0.3, 0.4) is 0 Å². The second-order valence-corrected chi connectivity index (χ2v) is 7.14. The largest absolute Gasteiger partial charge is 0.466 e. The van der Waals surface area contributed by atoms with Crippen molar-refractivity contribution in [2.45, 2.75) is 32.7 Å². The molecule has 3 rings (SSSR count). The number of ether oxygens (including phenoxy) is 1. The summed E-state index contributed by atoms with van der Waals surface area (Å²) in [7, 11) is 1.35. The van der Waals surface area contributed by atoms with E-state index in [2.05, 4.69) is 0 Å². The summed E-state index contributed by atoms with van der Waals surface area (Å²) in [4.78, 5) is 27.1. The summed E-state index contributed by atoms with van der Waals surface area (Å²) in [5.74, 6) is -0.877. The van der Waals surface area contributed by atoms with E-state index < -0.39 is 11.9 Å². The molecule has 5 heteroatoms. The SMILES string of the molecule is COC(=O)C1=C(C)N(Cc2ccc(C)cc2)C(=O)C[C@@H]1c1ccccc1Cl. The molecule has 0 aliphatic carbocycles. The summed E-state index contributed by atoms with van der Waals surface area (Å²) in [6.07, 6.45) is 0.178. The van der Waals surface area contributed by atoms with E-state index in [4.69, 9.17) is 16.3 Å². The van der Waals surface area contributed by atoms with Crippen LogP contribution in [0.2, 0.25) is 5.02 Å². The van der Waals surface area contributed by atoms with Gasteiger partial charge < -0.3 is 9.64 Å². The fraction of sp³-hybridized carbons (Fsp3) is 0.273. The predicted octanol–water partition coefficient (Wildman–Crippen LogP) is 4.61. The standard InChI is InChI=1S/C22H22ClNO3/c1-14-8-10-16(11-9-14)13-24-15(2)21(22(26)27-3)18(12-20(24)25)17-6-4-5-7-19(17)23/h4-11,18H,12-13H2,1-3H3/t18-/m1/s1. The maximum absolute atomic E-state index is 12.9. The first kappa shape index (κ1) is 19.2. The van der Waals surface area contributed by atoms with Crippen LogP contribution in [0.1, 0.15) is 36.0 Å². The normalized spacial score (nSPS) is 17.3. The lowest BCUT2D eigenvalue weighted by Crippen LogP contribution is -2.38. The maximum atomic E-state index is 12.9. The van der Waals surface area contributed by atoms with Crippen molar-refractivity contribution < 1.29 is 14.3 Å². The van der Waals surface area contributed by atoms with Gasteiger partial charge in [-0.3, -0.25) is 4.79 Å². The summed E-state index contributed by atoms with van der Waals surface area (Å²) in [6.45, 7) is 4.23. The van der Waals surface area contributed by atoms with Gasteiger partial charge in [-0.1, -0.05) is 59.6 Å². The molecule has 0 aromatic heterocycles. The first-order chi connectivity index (χ1) is 12.9. The second kappa shape index (κ2) is 7.97. The quantitative estimate of drug-likeness (QED) is 0.724. The summed E-state index contributed by atoms with van der Waals surface area (Å²) in [5.41, 5.74) is 4.03. The van der Waals surface area contributed by atoms with Crippen molar-refractivity contribution in [1.29, 1.82) is 0 Å². The summed E-state index contributed by atoms with van der Waals surface area (Å²) in [6, 6.07) is 15.3. The van der Waals surface area contributed by atoms with E-state index in [1.54, 1.807) is 17.9 Å². The number of hydrogen-bond donors (Lipinski definition) is 0. The van der Waals surface area contributed by atoms with Crippen LogP contribution in [0.25, 0.3) is 0 Å². The Morgan fingerprint density at radius 1 is 1.15 bits per heavy atom. The third kappa shape index (κ3) is 3.91. The van der Waals surface area contributed by atoms with E-state index >= 15 is 0 Å². The van der Waals surface area contributed by atoms with Crippen LogP contribution in [0.4, 0.5) is 0 Å². The van der Waals surface area contributed by atoms with Gasteiger partial charge in [0, 0.05) is 23.1 Å². The van der Waals surface area contributed by atoms with Gasteiger partial charge in [0.25, 0.3) is 0 Å². The van der Waals surface area contributed by atoms with Gasteiger partial charge in [-0.15, -0.1) is 0 Å². The van der Waals surface area contributed by atoms with Crippen LogP contribution in [-0.4, -0.2) is 23.9 Å². The van der Waals surface area contributed by atoms with Crippen LogP contribution < -0.4 is 0 Å². The average Bonchev–Trinajstić information content (AvgIpc) is 2.66. The van der Waals surface area contributed by atoms with Gasteiger partial charge >= 0.3 is 5.97 Å². The Balaban J connectivity index is 2.03. The number of esters is 1. The third-order valence-corrected chi connectivity index (χ3v) is 5.31. The van der Waals surface area contributed by atoms with Crippen molar-refractivity contribution in [1.82, 2.24) is 4.90 Å². The number of carbonyl (C=O) groups is 2. The maximum Gasteiger partial charge on any atom is 0.336 e. The summed E-state index contributed by atoms with van der Waals surface area (Å²) >= 11 is 6.35. The molecule has 0 saturated heterocycles. The molecule has 27 heavy (non-hydrogen) atoms. The molecule has 1 heterocycles. The molecule has 0 N–H and O–H groups in total. The molecule has 0 radical (unpaired) electrons. The van der Waals surface area contributed by atoms with Crippen molar-refractivity contribution in [3.8, 4) is 0 Å². The highest BCUT2D eigenvalue weighted by Crippen LogP contribution is 2.40. The number of aryl methyl sites for hydroxylation is 1. The molecule has 1 amide bonds. The van der Waals surface area contributed by atoms with Crippen LogP contribution in [0.5, 0.6) is 0 Å². The Morgan fingerprint density at radius 2 is 1.81 bits per heavy atom. The molecular formula is C22H22ClNO3. The van der Waals surface area contributed by atoms with Crippen LogP contribution in [0, 0.1) is 6.92 Å². The van der Waals surface area contributed by atoms with Crippen LogP contribution >= 0.6 is 11.6 Å². The number of nitrogens with zero attached hydrogens (tertiary/aromatic N) is 1. The van der Waals surface area contributed by atoms with Gasteiger partial charge in [0.1, 0.15) is 0 Å². The van der Waals surface area contributed by atoms with E-state index in [9.17, 15) is 9.59 Å². The number of carbonyl (C=O) groups excluding carboxylic acids is 2. The molecule has 0 fully saturated rings. The minimum atomic E-state index is -0.432. The molecule has 140 valence electrons. The molecule has 2 aromatic rings. The zero-order valence-electron chi connectivity index (χ0n) is 15.7. The third-order valence-electron chi connectivity index (χ3n) is 4.97. The number of rotatable bonds is 4. The van der Waals surface area contributed by atoms with Gasteiger partial charge in [0.15, 0.2) is 0 Å². The van der Waals surface area contributed by atoms with E-state index in [0.717, 1.165) is 16.7 Å². The highest BCUT2D eigenvalue weighted by Gasteiger charge is 2.37. The van der Waals surface area contributed by atoms with E-state index in [1.807, 2.05) is 49.4 Å². The van der Waals surface area contributed by atoms with Crippen molar-refractivity contribution >= 4 is 23.5 Å². The van der Waals surface area contributed by atoms with Crippen molar-refractivity contribution in [2.75, 3.05) is 7.11 Å². The Bertz CT molecular complexity index is 902. The molecule has 0 unspecified atom stereocenters. The van der Waals surface area contributed by atoms with Gasteiger partial charge in [0.05, 0.1) is 19.2 Å². The molecule has 0 bridgehead atoms. The Labute approximate surface area is 164 Å². The molecule has 0 saturated carbocycles. The lowest BCUT2D eigenvalue weighted by molar-refractivity contribution is -0.138. The zero-order chi connectivity index (χ0) is 19.6. The fourth-order valence-electron chi connectivity index (χ4n) is 3.48. The predicted molar refractivity (Wildman–Crippen MR) is 105 cm³/mol. The number of allylic oxidation sites excluding steroid dienone is 1. The van der Waals surface area contributed by atoms with Gasteiger partial charge in [-0.2, -0.15) is 0 Å². The zero-order valence-corrected chi connectivity index (χ0v) is 16.4. The number of methoxy groups -OCH3 is 1. The molecular weight excluding hydrogens is 362 g/mol. The lowest BCUT2D eigenvalue weighted by atomic mass is 9.83. The first-order valence-electron chi connectivity index (χ1n) is 8.81. The van der Waals surface area contributed by atoms with E-state index in [0.29, 0.717) is 22.8 Å². The lowest BCUT2D eigenvalue weighted by Gasteiger charge is -2.34. The molecule has 4 nitrogen and oxygen atoms in total. The van der Waals surface area contributed by atoms with Gasteiger partial charge in [0.2, 0.25) is 5.91 Å². The number of benzene rings is 2. The van der Waals surface area contributed by atoms with Crippen molar-refractivity contribution in [3.05, 3.63) is 81.5 Å². The Morgan fingerprint density at radius 3 is 2.44 bits per heavy atom. The Kier molecular flexibility index (Phi) is 5.66. The Hall–Kier alpha value is -2.59. The number of halogens is 1. The minimum absolute atomic E-state index is 0.0364. The molecule has 0 spiro atoms. The number of amides is 1. The average molecular weight is 384 g/mol. The van der Waals surface area contributed by atoms with Crippen LogP contribution in [-0.2, 0) is 20.9 Å². The molecule has 1 atom stereocenters. The number of hydrogen-bond acceptors (Lipinski definition) is 3. The smallest absolute Gasteiger partial charge is 0.336 e. The van der Waals surface area contributed by atoms with Crippen LogP contribution in [0.15, 0.2) is 59.8 Å². The minimum Gasteiger partial charge on any atom is -0.466 e. The summed E-state index contributed by atoms with van der Waals surface area (Å²) in [5, 5.41) is 0.538. The molecule has 1 aliphatic rings. The highest BCUT2D eigenvalue weighted by molar-refractivity contribution is 6.31. The van der Waals surface area contributed by atoms with Gasteiger partial charge in [-0.25, -0.2) is 4.79 Å². The van der Waals surface area contributed by atoms with E-state index in [-0.39, 0.29) is 12.3 Å². The second-order valence-electron chi connectivity index (χ2n) is 6.73. The highest BCUT2D eigenvalue weighted by atomic mass is 35.5. The van der Waals surface area contributed by atoms with Crippen molar-refractivity contribution in [3.63, 3.8) is 0 Å². The molecule has 1 aliphatic heterocycles. The van der Waals surface area contributed by atoms with Gasteiger partial charge in [-0.05, 0) is 31.0 Å². The van der Waals surface area contributed by atoms with Crippen molar-refractivity contribution in [2.24, 2.45) is 0 Å². The monoisotopic (exact) mass is 383 g/mol. The van der Waals surface area contributed by atoms with E-state index in [1.165, 1.54) is 7.11 Å². The topological polar surface area (TPSA) is 46.6 Å². The molecule has 2 aromatic carbocycles. The first-order valence-corrected chi connectivity index (χ1v) is 9.19.